The van der Waals surface area contributed by atoms with Crippen LogP contribution in [0.5, 0.6) is 0 Å². The number of rotatable bonds is 11. The molecular formula is C23H38N2O4. The summed E-state index contributed by atoms with van der Waals surface area (Å²) in [7, 11) is 0. The fourth-order valence-corrected chi connectivity index (χ4v) is 4.04. The first-order chi connectivity index (χ1) is 13.9. The van der Waals surface area contributed by atoms with Gasteiger partial charge in [-0.3, -0.25) is 4.79 Å². The summed E-state index contributed by atoms with van der Waals surface area (Å²) in [5.41, 5.74) is 7.27. The molecule has 1 aromatic carbocycles. The summed E-state index contributed by atoms with van der Waals surface area (Å²) in [5, 5.41) is 24.6. The van der Waals surface area contributed by atoms with Crippen LogP contribution in [-0.2, 0) is 16.1 Å². The zero-order valence-electron chi connectivity index (χ0n) is 17.8. The van der Waals surface area contributed by atoms with Crippen LogP contribution in [0.3, 0.4) is 0 Å². The van der Waals surface area contributed by atoms with Gasteiger partial charge in [0.2, 0.25) is 0 Å². The van der Waals surface area contributed by atoms with Gasteiger partial charge in [-0.1, -0.05) is 63.4 Å². The van der Waals surface area contributed by atoms with Crippen molar-refractivity contribution in [2.45, 2.75) is 83.3 Å². The number of ether oxygens (including phenoxy) is 1. The van der Waals surface area contributed by atoms with Crippen LogP contribution < -0.4 is 11.1 Å². The van der Waals surface area contributed by atoms with Gasteiger partial charge in [-0.2, -0.15) is 0 Å². The minimum atomic E-state index is -1.25. The van der Waals surface area contributed by atoms with E-state index in [0.29, 0.717) is 11.8 Å². The number of esters is 1. The van der Waals surface area contributed by atoms with Gasteiger partial charge in [0.1, 0.15) is 6.61 Å². The summed E-state index contributed by atoms with van der Waals surface area (Å²) in [4.78, 5) is 12.1. The Morgan fingerprint density at radius 2 is 1.83 bits per heavy atom. The van der Waals surface area contributed by atoms with Crippen LogP contribution in [0, 0.1) is 11.8 Å². The van der Waals surface area contributed by atoms with Gasteiger partial charge in [-0.25, -0.2) is 0 Å². The van der Waals surface area contributed by atoms with E-state index in [1.807, 2.05) is 30.3 Å². The first-order valence-corrected chi connectivity index (χ1v) is 10.9. The smallest absolute Gasteiger partial charge is 0.308 e. The summed E-state index contributed by atoms with van der Waals surface area (Å²) >= 11 is 0. The van der Waals surface area contributed by atoms with E-state index < -0.39 is 24.2 Å². The van der Waals surface area contributed by atoms with Crippen LogP contribution in [-0.4, -0.2) is 47.0 Å². The Balaban J connectivity index is 1.89. The number of hydrogen-bond acceptors (Lipinski definition) is 6. The zero-order chi connectivity index (χ0) is 21.2. The Labute approximate surface area is 174 Å². The fraction of sp³-hybridized carbons (Fsp3) is 0.696. The van der Waals surface area contributed by atoms with Gasteiger partial charge in [-0.05, 0) is 36.8 Å². The van der Waals surface area contributed by atoms with Crippen molar-refractivity contribution in [2.24, 2.45) is 17.6 Å². The minimum Gasteiger partial charge on any atom is -0.461 e. The largest absolute Gasteiger partial charge is 0.461 e. The average molecular weight is 407 g/mol. The number of nitrogens with two attached hydrogens (primary N) is 1. The van der Waals surface area contributed by atoms with E-state index in [2.05, 4.69) is 19.2 Å². The zero-order valence-corrected chi connectivity index (χ0v) is 17.8. The third-order valence-corrected chi connectivity index (χ3v) is 5.74. The van der Waals surface area contributed by atoms with Crippen molar-refractivity contribution >= 4 is 5.97 Å². The molecule has 1 fully saturated rings. The Morgan fingerprint density at radius 3 is 2.45 bits per heavy atom. The van der Waals surface area contributed by atoms with Crippen molar-refractivity contribution < 1.29 is 19.7 Å². The van der Waals surface area contributed by atoms with Crippen LogP contribution in [0.4, 0.5) is 0 Å². The number of carbonyl (C=O) groups excluding carboxylic acids is 1. The molecule has 1 aliphatic carbocycles. The second-order valence-electron chi connectivity index (χ2n) is 8.71. The average Bonchev–Trinajstić information content (AvgIpc) is 2.73. The lowest BCUT2D eigenvalue weighted by molar-refractivity contribution is -0.149. The number of carbonyl (C=O) groups is 1. The van der Waals surface area contributed by atoms with Gasteiger partial charge >= 0.3 is 5.97 Å². The molecule has 0 bridgehead atoms. The molecule has 0 amide bonds. The van der Waals surface area contributed by atoms with E-state index in [-0.39, 0.29) is 19.1 Å². The number of aliphatic hydroxyl groups excluding tert-OH is 2. The standard InChI is InChI=1S/C23H38N2O4/c1-16(2)14-25-22(18-11-7-4-8-12-18)21(24)23(28)19(26)13-20(27)29-15-17-9-5-3-6-10-17/h3,5-6,9-10,16,18-19,21-23,25-26,28H,4,7-8,11-15,24H2,1-2H3/t19-,21-,22?,23-/m0/s1. The van der Waals surface area contributed by atoms with Crippen molar-refractivity contribution in [1.82, 2.24) is 5.32 Å². The lowest BCUT2D eigenvalue weighted by atomic mass is 9.79. The highest BCUT2D eigenvalue weighted by molar-refractivity contribution is 5.70. The molecule has 5 N–H and O–H groups in total. The van der Waals surface area contributed by atoms with Crippen molar-refractivity contribution in [3.8, 4) is 0 Å². The number of hydrogen-bond donors (Lipinski definition) is 4. The molecule has 0 aromatic heterocycles. The number of aliphatic hydroxyl groups is 2. The maximum Gasteiger partial charge on any atom is 0.308 e. The summed E-state index contributed by atoms with van der Waals surface area (Å²) in [6.07, 6.45) is 3.01. The second kappa shape index (κ2) is 12.3. The van der Waals surface area contributed by atoms with E-state index in [1.54, 1.807) is 0 Å². The molecule has 1 aromatic rings. The minimum absolute atomic E-state index is 0.0808. The first-order valence-electron chi connectivity index (χ1n) is 10.9. The maximum atomic E-state index is 12.1. The van der Waals surface area contributed by atoms with Gasteiger partial charge in [0.15, 0.2) is 0 Å². The van der Waals surface area contributed by atoms with E-state index in [9.17, 15) is 15.0 Å². The molecule has 0 saturated heterocycles. The highest BCUT2D eigenvalue weighted by atomic mass is 16.5. The van der Waals surface area contributed by atoms with Gasteiger partial charge in [0.05, 0.1) is 18.6 Å². The molecule has 0 radical (unpaired) electrons. The van der Waals surface area contributed by atoms with Crippen LogP contribution in [0.1, 0.15) is 57.9 Å². The van der Waals surface area contributed by atoms with E-state index in [0.717, 1.165) is 24.9 Å². The van der Waals surface area contributed by atoms with Crippen LogP contribution in [0.25, 0.3) is 0 Å². The van der Waals surface area contributed by atoms with Gasteiger partial charge in [0, 0.05) is 12.1 Å². The van der Waals surface area contributed by atoms with Crippen LogP contribution in [0.15, 0.2) is 30.3 Å². The molecule has 4 atom stereocenters. The Morgan fingerprint density at radius 1 is 1.17 bits per heavy atom. The maximum absolute atomic E-state index is 12.1. The molecular weight excluding hydrogens is 368 g/mol. The fourth-order valence-electron chi connectivity index (χ4n) is 4.04. The van der Waals surface area contributed by atoms with Crippen molar-refractivity contribution in [3.05, 3.63) is 35.9 Å². The molecule has 29 heavy (non-hydrogen) atoms. The Bertz CT molecular complexity index is 590. The van der Waals surface area contributed by atoms with Crippen molar-refractivity contribution in [2.75, 3.05) is 6.54 Å². The second-order valence-corrected chi connectivity index (χ2v) is 8.71. The van der Waals surface area contributed by atoms with Crippen molar-refractivity contribution in [1.29, 1.82) is 0 Å². The quantitative estimate of drug-likeness (QED) is 0.421. The molecule has 0 aliphatic heterocycles. The highest BCUT2D eigenvalue weighted by Gasteiger charge is 2.36. The molecule has 1 saturated carbocycles. The predicted octanol–water partition coefficient (Wildman–Crippen LogP) is 2.36. The molecule has 0 heterocycles. The third-order valence-electron chi connectivity index (χ3n) is 5.74. The SMILES string of the molecule is CC(C)CNC(C1CCCCC1)[C@H](N)[C@@H](O)[C@@H](O)CC(=O)OCc1ccccc1. The molecule has 6 heteroatoms. The van der Waals surface area contributed by atoms with Gasteiger partial charge in [-0.15, -0.1) is 0 Å². The molecule has 1 aliphatic rings. The van der Waals surface area contributed by atoms with E-state index in [1.165, 1.54) is 19.3 Å². The molecule has 0 spiro atoms. The Kier molecular flexibility index (Phi) is 10.1. The van der Waals surface area contributed by atoms with E-state index in [4.69, 9.17) is 10.5 Å². The number of nitrogens with one attached hydrogen (secondary N) is 1. The third kappa shape index (κ3) is 8.05. The number of benzene rings is 1. The first kappa shape index (κ1) is 23.8. The monoisotopic (exact) mass is 406 g/mol. The molecule has 2 rings (SSSR count). The van der Waals surface area contributed by atoms with Gasteiger partial charge in [0.25, 0.3) is 0 Å². The highest BCUT2D eigenvalue weighted by Crippen LogP contribution is 2.28. The lowest BCUT2D eigenvalue weighted by Crippen LogP contribution is -2.59. The van der Waals surface area contributed by atoms with Crippen molar-refractivity contribution in [3.63, 3.8) is 0 Å². The lowest BCUT2D eigenvalue weighted by Gasteiger charge is -2.38. The van der Waals surface area contributed by atoms with Crippen LogP contribution in [0.2, 0.25) is 0 Å². The molecule has 1 unspecified atom stereocenters. The summed E-state index contributed by atoms with van der Waals surface area (Å²) in [6, 6.07) is 8.64. The summed E-state index contributed by atoms with van der Waals surface area (Å²) < 4.78 is 5.22. The Hall–Kier alpha value is -1.47. The normalized spacial score (nSPS) is 19.5. The summed E-state index contributed by atoms with van der Waals surface area (Å²) in [6.45, 7) is 5.21. The summed E-state index contributed by atoms with van der Waals surface area (Å²) in [5.74, 6) is 0.296. The van der Waals surface area contributed by atoms with E-state index >= 15 is 0 Å². The van der Waals surface area contributed by atoms with Gasteiger partial charge < -0.3 is 26.0 Å². The topological polar surface area (TPSA) is 105 Å². The molecule has 6 nitrogen and oxygen atoms in total. The predicted molar refractivity (Wildman–Crippen MR) is 114 cm³/mol. The molecule has 164 valence electrons. The van der Waals surface area contributed by atoms with Crippen LogP contribution >= 0.6 is 0 Å².